The topological polar surface area (TPSA) is 50.2 Å². The van der Waals surface area contributed by atoms with Crippen LogP contribution in [0.15, 0.2) is 12.4 Å². The molecule has 3 atom stereocenters. The molecule has 1 saturated carbocycles. The molecule has 0 unspecified atom stereocenters. The van der Waals surface area contributed by atoms with Gasteiger partial charge in [-0.05, 0) is 44.3 Å². The zero-order chi connectivity index (χ0) is 16.2. The maximum absolute atomic E-state index is 12.6. The van der Waals surface area contributed by atoms with E-state index in [0.717, 1.165) is 49.8 Å². The summed E-state index contributed by atoms with van der Waals surface area (Å²) >= 11 is 1.93. The molecule has 2 aliphatic rings. The molecule has 3 rings (SSSR count). The monoisotopic (exact) mass is 336 g/mol. The van der Waals surface area contributed by atoms with E-state index in [2.05, 4.69) is 21.1 Å². The minimum Gasteiger partial charge on any atom is -0.338 e. The van der Waals surface area contributed by atoms with E-state index in [0.29, 0.717) is 12.0 Å². The van der Waals surface area contributed by atoms with Crippen LogP contribution in [0, 0.1) is 5.92 Å². The molecular formula is C17H28N4OS. The van der Waals surface area contributed by atoms with Gasteiger partial charge in [0.2, 0.25) is 0 Å². The second kappa shape index (κ2) is 7.60. The van der Waals surface area contributed by atoms with Gasteiger partial charge in [0.05, 0.1) is 0 Å². The number of aryl methyl sites for hydroxylation is 1. The highest BCUT2D eigenvalue weighted by Gasteiger charge is 2.29. The van der Waals surface area contributed by atoms with Crippen molar-refractivity contribution in [3.05, 3.63) is 18.2 Å². The van der Waals surface area contributed by atoms with Gasteiger partial charge in [-0.2, -0.15) is 11.8 Å². The summed E-state index contributed by atoms with van der Waals surface area (Å²) in [5.74, 6) is 1.65. The van der Waals surface area contributed by atoms with Crippen LogP contribution in [0.5, 0.6) is 0 Å². The number of thioether (sulfide) groups is 1. The van der Waals surface area contributed by atoms with Gasteiger partial charge in [0.25, 0.3) is 0 Å². The summed E-state index contributed by atoms with van der Waals surface area (Å²) in [7, 11) is 2.04. The zero-order valence-corrected chi connectivity index (χ0v) is 15.0. The summed E-state index contributed by atoms with van der Waals surface area (Å²) in [6, 6.07) is 0.510. The normalized spacial score (nSPS) is 28.1. The second-order valence-corrected chi connectivity index (χ2v) is 8.07. The van der Waals surface area contributed by atoms with Gasteiger partial charge in [-0.3, -0.25) is 0 Å². The average molecular weight is 337 g/mol. The van der Waals surface area contributed by atoms with E-state index in [1.807, 2.05) is 36.1 Å². The zero-order valence-electron chi connectivity index (χ0n) is 14.2. The van der Waals surface area contributed by atoms with Crippen molar-refractivity contribution in [3.63, 3.8) is 0 Å². The van der Waals surface area contributed by atoms with Gasteiger partial charge in [0, 0.05) is 50.2 Å². The van der Waals surface area contributed by atoms with Crippen molar-refractivity contribution in [2.24, 2.45) is 13.0 Å². The van der Waals surface area contributed by atoms with Gasteiger partial charge < -0.3 is 14.8 Å². The SMILES string of the molecule is CS[C@@H]1CC[C@@H](NC(=O)N2CCC[C@@H](Cc3nccn3C)C2)C1. The van der Waals surface area contributed by atoms with Crippen LogP contribution in [0.3, 0.4) is 0 Å². The Morgan fingerprint density at radius 2 is 2.30 bits per heavy atom. The summed E-state index contributed by atoms with van der Waals surface area (Å²) in [5, 5.41) is 3.98. The molecule has 0 aromatic carbocycles. The highest BCUT2D eigenvalue weighted by molar-refractivity contribution is 7.99. The van der Waals surface area contributed by atoms with E-state index in [1.165, 1.54) is 12.8 Å². The number of amides is 2. The molecule has 1 aromatic heterocycles. The van der Waals surface area contributed by atoms with Gasteiger partial charge in [0.1, 0.15) is 5.82 Å². The maximum Gasteiger partial charge on any atom is 0.317 e. The van der Waals surface area contributed by atoms with Gasteiger partial charge in [0.15, 0.2) is 0 Å². The summed E-state index contributed by atoms with van der Waals surface area (Å²) in [6.45, 7) is 1.75. The van der Waals surface area contributed by atoms with E-state index in [4.69, 9.17) is 0 Å². The quantitative estimate of drug-likeness (QED) is 0.920. The Morgan fingerprint density at radius 3 is 3.00 bits per heavy atom. The third kappa shape index (κ3) is 4.22. The number of urea groups is 1. The van der Waals surface area contributed by atoms with Gasteiger partial charge in [-0.1, -0.05) is 0 Å². The highest BCUT2D eigenvalue weighted by atomic mass is 32.2. The summed E-state index contributed by atoms with van der Waals surface area (Å²) < 4.78 is 2.08. The molecule has 6 heteroatoms. The van der Waals surface area contributed by atoms with Crippen LogP contribution in [0.25, 0.3) is 0 Å². The van der Waals surface area contributed by atoms with Crippen molar-refractivity contribution in [1.29, 1.82) is 0 Å². The molecular weight excluding hydrogens is 308 g/mol. The van der Waals surface area contributed by atoms with E-state index >= 15 is 0 Å². The van der Waals surface area contributed by atoms with Crippen molar-refractivity contribution in [2.75, 3.05) is 19.3 Å². The fourth-order valence-electron chi connectivity index (χ4n) is 3.82. The Labute approximate surface area is 143 Å². The van der Waals surface area contributed by atoms with Gasteiger partial charge >= 0.3 is 6.03 Å². The number of hydrogen-bond donors (Lipinski definition) is 1. The predicted octanol–water partition coefficient (Wildman–Crippen LogP) is 2.67. The number of carbonyl (C=O) groups is 1. The lowest BCUT2D eigenvalue weighted by atomic mass is 9.94. The first-order valence-corrected chi connectivity index (χ1v) is 9.99. The number of rotatable bonds is 4. The maximum atomic E-state index is 12.6. The summed E-state index contributed by atoms with van der Waals surface area (Å²) in [4.78, 5) is 19.0. The molecule has 2 heterocycles. The predicted molar refractivity (Wildman–Crippen MR) is 94.7 cm³/mol. The van der Waals surface area contributed by atoms with Gasteiger partial charge in [-0.15, -0.1) is 0 Å². The summed E-state index contributed by atoms with van der Waals surface area (Å²) in [6.07, 6.45) is 12.7. The Balaban J connectivity index is 1.50. The smallest absolute Gasteiger partial charge is 0.317 e. The largest absolute Gasteiger partial charge is 0.338 e. The van der Waals surface area contributed by atoms with Crippen LogP contribution in [-0.4, -0.2) is 51.1 Å². The standard InChI is InChI=1S/C17H28N4OS/c1-20-9-7-18-16(20)10-13-4-3-8-21(12-13)17(22)19-14-5-6-15(11-14)23-2/h7,9,13-15H,3-6,8,10-12H2,1-2H3,(H,19,22)/t13-,14+,15+/m0/s1. The molecule has 0 spiro atoms. The number of likely N-dealkylation sites (tertiary alicyclic amines) is 1. The third-order valence-corrected chi connectivity index (χ3v) is 6.34. The molecule has 2 amide bonds. The molecule has 23 heavy (non-hydrogen) atoms. The average Bonchev–Trinajstić information content (AvgIpc) is 3.17. The van der Waals surface area contributed by atoms with Crippen molar-refractivity contribution in [2.45, 2.75) is 49.8 Å². The molecule has 0 radical (unpaired) electrons. The van der Waals surface area contributed by atoms with Crippen LogP contribution in [0.1, 0.15) is 37.9 Å². The van der Waals surface area contributed by atoms with Crippen molar-refractivity contribution < 1.29 is 4.79 Å². The van der Waals surface area contributed by atoms with E-state index < -0.39 is 0 Å². The Hall–Kier alpha value is -1.17. The number of nitrogens with one attached hydrogen (secondary N) is 1. The molecule has 2 fully saturated rings. The molecule has 1 aliphatic heterocycles. The first kappa shape index (κ1) is 16.7. The number of hydrogen-bond acceptors (Lipinski definition) is 3. The molecule has 1 saturated heterocycles. The van der Waals surface area contributed by atoms with Crippen LogP contribution >= 0.6 is 11.8 Å². The number of piperidine rings is 1. The first-order chi connectivity index (χ1) is 11.2. The first-order valence-electron chi connectivity index (χ1n) is 8.70. The second-order valence-electron chi connectivity index (χ2n) is 6.93. The number of carbonyl (C=O) groups excluding carboxylic acids is 1. The van der Waals surface area contributed by atoms with Crippen molar-refractivity contribution in [1.82, 2.24) is 19.8 Å². The lowest BCUT2D eigenvalue weighted by Gasteiger charge is -2.33. The molecule has 1 aliphatic carbocycles. The lowest BCUT2D eigenvalue weighted by Crippen LogP contribution is -2.48. The fraction of sp³-hybridized carbons (Fsp3) is 0.765. The molecule has 128 valence electrons. The number of aromatic nitrogens is 2. The van der Waals surface area contributed by atoms with Crippen LogP contribution in [0.4, 0.5) is 4.79 Å². The third-order valence-electron chi connectivity index (χ3n) is 5.24. The van der Waals surface area contributed by atoms with Gasteiger partial charge in [-0.25, -0.2) is 9.78 Å². The number of nitrogens with zero attached hydrogens (tertiary/aromatic N) is 3. The minimum absolute atomic E-state index is 0.140. The van der Waals surface area contributed by atoms with Crippen molar-refractivity contribution >= 4 is 17.8 Å². The van der Waals surface area contributed by atoms with E-state index in [1.54, 1.807) is 0 Å². The van der Waals surface area contributed by atoms with E-state index in [9.17, 15) is 4.79 Å². The lowest BCUT2D eigenvalue weighted by molar-refractivity contribution is 0.161. The van der Waals surface area contributed by atoms with Crippen LogP contribution in [0.2, 0.25) is 0 Å². The Kier molecular flexibility index (Phi) is 5.51. The fourth-order valence-corrected chi connectivity index (χ4v) is 4.62. The highest BCUT2D eigenvalue weighted by Crippen LogP contribution is 2.28. The molecule has 0 bridgehead atoms. The van der Waals surface area contributed by atoms with E-state index in [-0.39, 0.29) is 6.03 Å². The molecule has 1 aromatic rings. The summed E-state index contributed by atoms with van der Waals surface area (Å²) in [5.41, 5.74) is 0. The van der Waals surface area contributed by atoms with Crippen LogP contribution in [-0.2, 0) is 13.5 Å². The molecule has 1 N–H and O–H groups in total. The molecule has 5 nitrogen and oxygen atoms in total. The van der Waals surface area contributed by atoms with Crippen LogP contribution < -0.4 is 5.32 Å². The minimum atomic E-state index is 0.140. The number of imidazole rings is 1. The van der Waals surface area contributed by atoms with Crippen molar-refractivity contribution in [3.8, 4) is 0 Å². The Bertz CT molecular complexity index is 532. The Morgan fingerprint density at radius 1 is 1.43 bits per heavy atom.